The fraction of sp³-hybridized carbons (Fsp3) is 0.818. The summed E-state index contributed by atoms with van der Waals surface area (Å²) in [7, 11) is 1.76. The van der Waals surface area contributed by atoms with Gasteiger partial charge in [-0.15, -0.1) is 0 Å². The van der Waals surface area contributed by atoms with Gasteiger partial charge >= 0.3 is 0 Å². The van der Waals surface area contributed by atoms with E-state index in [-0.39, 0.29) is 17.8 Å². The third-order valence-electron chi connectivity index (χ3n) is 2.89. The van der Waals surface area contributed by atoms with Crippen molar-refractivity contribution in [1.82, 2.24) is 4.90 Å². The minimum absolute atomic E-state index is 0.0111. The Morgan fingerprint density at radius 3 is 2.44 bits per heavy atom. The lowest BCUT2D eigenvalue weighted by Gasteiger charge is -2.28. The van der Waals surface area contributed by atoms with Gasteiger partial charge in [-0.1, -0.05) is 25.4 Å². The van der Waals surface area contributed by atoms with Gasteiger partial charge in [0.05, 0.1) is 5.92 Å². The van der Waals surface area contributed by atoms with Crippen LogP contribution in [0, 0.1) is 5.92 Å². The quantitative estimate of drug-likeness (QED) is 0.313. The van der Waals surface area contributed by atoms with E-state index in [1.54, 1.807) is 11.9 Å². The molecule has 0 bridgehead atoms. The molecule has 0 aromatic rings. The number of hydrogen-bond acceptors (Lipinski definition) is 3. The van der Waals surface area contributed by atoms with Gasteiger partial charge in [-0.05, 0) is 19.8 Å². The number of amides is 1. The van der Waals surface area contributed by atoms with Crippen LogP contribution in [0.2, 0.25) is 0 Å². The molecule has 3 N–H and O–H groups in total. The van der Waals surface area contributed by atoms with Crippen molar-refractivity contribution in [3.8, 4) is 0 Å². The molecule has 1 amide bonds. The summed E-state index contributed by atoms with van der Waals surface area (Å²) in [6.45, 7) is 5.93. The van der Waals surface area contributed by atoms with Crippen molar-refractivity contribution in [3.63, 3.8) is 0 Å². The molecule has 0 aliphatic rings. The van der Waals surface area contributed by atoms with Gasteiger partial charge < -0.3 is 15.8 Å². The zero-order valence-corrected chi connectivity index (χ0v) is 10.6. The number of hydrogen-bond donors (Lipinski definition) is 2. The van der Waals surface area contributed by atoms with Crippen molar-refractivity contribution in [2.45, 2.75) is 46.1 Å². The van der Waals surface area contributed by atoms with Gasteiger partial charge in [0.1, 0.15) is 0 Å². The highest BCUT2D eigenvalue weighted by Gasteiger charge is 2.26. The summed E-state index contributed by atoms with van der Waals surface area (Å²) in [5, 5.41) is 11.5. The molecule has 0 aromatic heterocycles. The summed E-state index contributed by atoms with van der Waals surface area (Å²) in [6.07, 6.45) is 2.52. The molecule has 0 heterocycles. The van der Waals surface area contributed by atoms with Crippen molar-refractivity contribution in [2.75, 3.05) is 7.05 Å². The van der Waals surface area contributed by atoms with Crippen molar-refractivity contribution in [3.05, 3.63) is 0 Å². The Labute approximate surface area is 97.3 Å². The predicted octanol–water partition coefficient (Wildman–Crippen LogP) is 1.41. The number of oxime groups is 1. The lowest BCUT2D eigenvalue weighted by molar-refractivity contribution is -0.134. The molecule has 16 heavy (non-hydrogen) atoms. The molecule has 5 nitrogen and oxygen atoms in total. The molecule has 0 aliphatic heterocycles. The van der Waals surface area contributed by atoms with Crippen LogP contribution in [0.1, 0.15) is 40.0 Å². The lowest BCUT2D eigenvalue weighted by atomic mass is 10.0. The van der Waals surface area contributed by atoms with Crippen LogP contribution in [0.3, 0.4) is 0 Å². The molecule has 2 unspecified atom stereocenters. The molecule has 94 valence electrons. The average Bonchev–Trinajstić information content (AvgIpc) is 2.28. The van der Waals surface area contributed by atoms with E-state index in [4.69, 9.17) is 10.9 Å². The standard InChI is InChI=1S/C11H23N3O2/c1-5-7-8(3)14(4)11(15)9(6-2)10(12)13-16/h8-9,16H,5-7H2,1-4H3,(H2,12,13). The Kier molecular flexibility index (Phi) is 6.53. The zero-order chi connectivity index (χ0) is 12.7. The van der Waals surface area contributed by atoms with Gasteiger partial charge in [0.15, 0.2) is 5.84 Å². The van der Waals surface area contributed by atoms with E-state index in [0.29, 0.717) is 6.42 Å². The van der Waals surface area contributed by atoms with E-state index in [1.165, 1.54) is 0 Å². The van der Waals surface area contributed by atoms with Crippen LogP contribution in [-0.4, -0.2) is 34.9 Å². The van der Waals surface area contributed by atoms with Crippen LogP contribution in [-0.2, 0) is 4.79 Å². The van der Waals surface area contributed by atoms with Crippen molar-refractivity contribution in [1.29, 1.82) is 0 Å². The van der Waals surface area contributed by atoms with E-state index < -0.39 is 5.92 Å². The lowest BCUT2D eigenvalue weighted by Crippen LogP contribution is -2.43. The summed E-state index contributed by atoms with van der Waals surface area (Å²) in [4.78, 5) is 13.7. The van der Waals surface area contributed by atoms with Gasteiger partial charge in [-0.25, -0.2) is 0 Å². The molecule has 0 fully saturated rings. The monoisotopic (exact) mass is 229 g/mol. The number of carbonyl (C=O) groups excluding carboxylic acids is 1. The Hall–Kier alpha value is -1.26. The first-order valence-corrected chi connectivity index (χ1v) is 5.73. The first-order chi connectivity index (χ1) is 7.49. The Bertz CT molecular complexity index is 254. The van der Waals surface area contributed by atoms with Crippen LogP contribution in [0.15, 0.2) is 5.16 Å². The highest BCUT2D eigenvalue weighted by Crippen LogP contribution is 2.12. The molecule has 0 rings (SSSR count). The average molecular weight is 229 g/mol. The van der Waals surface area contributed by atoms with Crippen molar-refractivity contribution < 1.29 is 10.0 Å². The summed E-state index contributed by atoms with van der Waals surface area (Å²) in [6, 6.07) is 0.179. The molecule has 0 spiro atoms. The summed E-state index contributed by atoms with van der Waals surface area (Å²) < 4.78 is 0. The fourth-order valence-electron chi connectivity index (χ4n) is 1.65. The number of carbonyl (C=O) groups is 1. The van der Waals surface area contributed by atoms with Crippen molar-refractivity contribution in [2.24, 2.45) is 16.8 Å². The summed E-state index contributed by atoms with van der Waals surface area (Å²) in [5.74, 6) is -0.615. The number of nitrogens with two attached hydrogens (primary N) is 1. The zero-order valence-electron chi connectivity index (χ0n) is 10.6. The second-order valence-electron chi connectivity index (χ2n) is 4.07. The molecule has 5 heteroatoms. The highest BCUT2D eigenvalue weighted by atomic mass is 16.4. The summed E-state index contributed by atoms with van der Waals surface area (Å²) >= 11 is 0. The van der Waals surface area contributed by atoms with Gasteiger partial charge in [0.2, 0.25) is 5.91 Å². The second-order valence-corrected chi connectivity index (χ2v) is 4.07. The third-order valence-corrected chi connectivity index (χ3v) is 2.89. The van der Waals surface area contributed by atoms with Crippen LogP contribution < -0.4 is 5.73 Å². The third kappa shape index (κ3) is 3.72. The molecule has 0 aliphatic carbocycles. The topological polar surface area (TPSA) is 78.9 Å². The predicted molar refractivity (Wildman–Crippen MR) is 64.3 cm³/mol. The molecule has 2 atom stereocenters. The molecule has 0 saturated heterocycles. The minimum Gasteiger partial charge on any atom is -0.409 e. The molecule has 0 radical (unpaired) electrons. The van der Waals surface area contributed by atoms with Gasteiger partial charge in [-0.2, -0.15) is 0 Å². The van der Waals surface area contributed by atoms with E-state index in [1.807, 2.05) is 13.8 Å². The molecule has 0 saturated carbocycles. The number of amidine groups is 1. The normalized spacial score (nSPS) is 15.6. The molecular formula is C11H23N3O2. The maximum atomic E-state index is 12.0. The number of nitrogens with zero attached hydrogens (tertiary/aromatic N) is 2. The van der Waals surface area contributed by atoms with Crippen molar-refractivity contribution >= 4 is 11.7 Å². The van der Waals surface area contributed by atoms with E-state index in [9.17, 15) is 4.79 Å². The smallest absolute Gasteiger partial charge is 0.233 e. The van der Waals surface area contributed by atoms with Crippen LogP contribution in [0.5, 0.6) is 0 Å². The minimum atomic E-state index is -0.519. The molecule has 0 aromatic carbocycles. The number of rotatable bonds is 6. The van der Waals surface area contributed by atoms with Crippen LogP contribution in [0.25, 0.3) is 0 Å². The summed E-state index contributed by atoms with van der Waals surface area (Å²) in [5.41, 5.74) is 5.49. The largest absolute Gasteiger partial charge is 0.409 e. The second kappa shape index (κ2) is 7.09. The van der Waals surface area contributed by atoms with E-state index in [0.717, 1.165) is 12.8 Å². The maximum absolute atomic E-state index is 12.0. The highest BCUT2D eigenvalue weighted by molar-refractivity contribution is 6.02. The Morgan fingerprint density at radius 1 is 1.50 bits per heavy atom. The fourth-order valence-corrected chi connectivity index (χ4v) is 1.65. The van der Waals surface area contributed by atoms with E-state index in [2.05, 4.69) is 12.1 Å². The van der Waals surface area contributed by atoms with Gasteiger partial charge in [0, 0.05) is 13.1 Å². The van der Waals surface area contributed by atoms with Gasteiger partial charge in [0.25, 0.3) is 0 Å². The SMILES string of the molecule is CCCC(C)N(C)C(=O)C(CC)C(N)=NO. The van der Waals surface area contributed by atoms with Crippen LogP contribution >= 0.6 is 0 Å². The maximum Gasteiger partial charge on any atom is 0.233 e. The first-order valence-electron chi connectivity index (χ1n) is 5.73. The Balaban J connectivity index is 4.62. The first kappa shape index (κ1) is 14.7. The molecular weight excluding hydrogens is 206 g/mol. The van der Waals surface area contributed by atoms with Gasteiger partial charge in [-0.3, -0.25) is 4.79 Å². The Morgan fingerprint density at radius 2 is 2.06 bits per heavy atom. The van der Waals surface area contributed by atoms with Crippen LogP contribution in [0.4, 0.5) is 0 Å². The van der Waals surface area contributed by atoms with E-state index >= 15 is 0 Å².